The zero-order valence-corrected chi connectivity index (χ0v) is 12.0. The number of halogens is 1. The number of hydrogen-bond acceptors (Lipinski definition) is 2. The summed E-state index contributed by atoms with van der Waals surface area (Å²) in [5.41, 5.74) is 1.08. The van der Waals surface area contributed by atoms with Gasteiger partial charge in [-0.2, -0.15) is 0 Å². The average Bonchev–Trinajstić information content (AvgIpc) is 2.45. The molecule has 1 aromatic rings. The van der Waals surface area contributed by atoms with Crippen LogP contribution >= 0.6 is 0 Å². The van der Waals surface area contributed by atoms with E-state index in [2.05, 4.69) is 24.1 Å². The zero-order valence-electron chi connectivity index (χ0n) is 12.0. The van der Waals surface area contributed by atoms with Crippen LogP contribution in [0.25, 0.3) is 0 Å². The molecular formula is C16H25FN2. The van der Waals surface area contributed by atoms with Crippen molar-refractivity contribution in [2.75, 3.05) is 13.1 Å². The van der Waals surface area contributed by atoms with Crippen LogP contribution < -0.4 is 5.32 Å². The molecule has 3 unspecified atom stereocenters. The maximum atomic E-state index is 13.4. The van der Waals surface area contributed by atoms with Crippen molar-refractivity contribution in [1.29, 1.82) is 0 Å². The molecular weight excluding hydrogens is 239 g/mol. The number of rotatable bonds is 5. The van der Waals surface area contributed by atoms with E-state index < -0.39 is 0 Å². The van der Waals surface area contributed by atoms with Gasteiger partial charge in [0.15, 0.2) is 0 Å². The Kier molecular flexibility index (Phi) is 5.32. The fourth-order valence-corrected chi connectivity index (χ4v) is 3.30. The Balaban J connectivity index is 2.14. The third-order valence-corrected chi connectivity index (χ3v) is 4.49. The van der Waals surface area contributed by atoms with E-state index in [-0.39, 0.29) is 5.82 Å². The summed E-state index contributed by atoms with van der Waals surface area (Å²) in [6.45, 7) is 6.43. The largest absolute Gasteiger partial charge is 0.317 e. The molecule has 0 amide bonds. The van der Waals surface area contributed by atoms with E-state index in [0.29, 0.717) is 11.8 Å². The molecule has 0 bridgehead atoms. The van der Waals surface area contributed by atoms with Crippen molar-refractivity contribution in [2.24, 2.45) is 11.8 Å². The van der Waals surface area contributed by atoms with Crippen molar-refractivity contribution < 1.29 is 4.39 Å². The molecule has 1 heterocycles. The van der Waals surface area contributed by atoms with E-state index >= 15 is 0 Å². The highest BCUT2D eigenvalue weighted by molar-refractivity contribution is 5.18. The van der Waals surface area contributed by atoms with Gasteiger partial charge in [0.2, 0.25) is 0 Å². The van der Waals surface area contributed by atoms with Crippen molar-refractivity contribution in [3.8, 4) is 0 Å². The molecule has 0 saturated heterocycles. The molecule has 106 valence electrons. The van der Waals surface area contributed by atoms with Crippen LogP contribution in [0.1, 0.15) is 51.0 Å². The summed E-state index contributed by atoms with van der Waals surface area (Å²) >= 11 is 0. The predicted octanol–water partition coefficient (Wildman–Crippen LogP) is 3.74. The Morgan fingerprint density at radius 3 is 2.84 bits per heavy atom. The quantitative estimate of drug-likeness (QED) is 0.876. The van der Waals surface area contributed by atoms with E-state index in [1.165, 1.54) is 31.9 Å². The fraction of sp³-hybridized carbons (Fsp3) is 0.688. The van der Waals surface area contributed by atoms with Crippen LogP contribution in [0, 0.1) is 17.7 Å². The van der Waals surface area contributed by atoms with Crippen molar-refractivity contribution in [2.45, 2.75) is 45.4 Å². The second kappa shape index (κ2) is 6.99. The summed E-state index contributed by atoms with van der Waals surface area (Å²) in [6, 6.07) is 1.68. The summed E-state index contributed by atoms with van der Waals surface area (Å²) in [5.74, 6) is 1.65. The van der Waals surface area contributed by atoms with Crippen LogP contribution in [0.15, 0.2) is 18.5 Å². The Morgan fingerprint density at radius 1 is 1.32 bits per heavy atom. The third-order valence-electron chi connectivity index (χ3n) is 4.49. The highest BCUT2D eigenvalue weighted by Gasteiger charge is 2.30. The lowest BCUT2D eigenvalue weighted by Crippen LogP contribution is -2.32. The molecule has 1 aliphatic carbocycles. The van der Waals surface area contributed by atoms with Crippen LogP contribution in [-0.2, 0) is 0 Å². The van der Waals surface area contributed by atoms with Gasteiger partial charge in [0.1, 0.15) is 5.82 Å². The molecule has 3 atom stereocenters. The predicted molar refractivity (Wildman–Crippen MR) is 76.6 cm³/mol. The Bertz CT molecular complexity index is 394. The summed E-state index contributed by atoms with van der Waals surface area (Å²) in [7, 11) is 0. The smallest absolute Gasteiger partial charge is 0.141 e. The van der Waals surface area contributed by atoms with Crippen molar-refractivity contribution in [3.63, 3.8) is 0 Å². The molecule has 1 aliphatic rings. The second-order valence-corrected chi connectivity index (χ2v) is 5.70. The molecule has 2 nitrogen and oxygen atoms in total. The van der Waals surface area contributed by atoms with Crippen LogP contribution in [0.4, 0.5) is 4.39 Å². The van der Waals surface area contributed by atoms with E-state index in [0.717, 1.165) is 24.6 Å². The van der Waals surface area contributed by atoms with Gasteiger partial charge in [-0.3, -0.25) is 4.98 Å². The van der Waals surface area contributed by atoms with E-state index in [9.17, 15) is 4.39 Å². The lowest BCUT2D eigenvalue weighted by molar-refractivity contribution is 0.226. The van der Waals surface area contributed by atoms with Gasteiger partial charge in [0.05, 0.1) is 6.20 Å². The normalized spacial score (nSPS) is 27.4. The first-order chi connectivity index (χ1) is 9.24. The molecule has 1 fully saturated rings. The zero-order chi connectivity index (χ0) is 13.7. The topological polar surface area (TPSA) is 24.9 Å². The Hall–Kier alpha value is -0.960. The molecule has 2 rings (SSSR count). The molecule has 0 spiro atoms. The molecule has 3 heteroatoms. The SMILES string of the molecule is CCNCC1CCC(CC)CC1c1cncc(F)c1. The van der Waals surface area contributed by atoms with E-state index in [1.807, 2.05) is 6.20 Å². The van der Waals surface area contributed by atoms with Crippen molar-refractivity contribution in [1.82, 2.24) is 10.3 Å². The third kappa shape index (κ3) is 3.75. The maximum absolute atomic E-state index is 13.4. The number of nitrogens with one attached hydrogen (secondary N) is 1. The van der Waals surface area contributed by atoms with Gasteiger partial charge in [0.25, 0.3) is 0 Å². The average molecular weight is 264 g/mol. The summed E-state index contributed by atoms with van der Waals surface area (Å²) in [5, 5.41) is 3.45. The second-order valence-electron chi connectivity index (χ2n) is 5.70. The van der Waals surface area contributed by atoms with Gasteiger partial charge in [-0.25, -0.2) is 4.39 Å². The molecule has 1 aromatic heterocycles. The van der Waals surface area contributed by atoms with Crippen LogP contribution in [-0.4, -0.2) is 18.1 Å². The first-order valence-corrected chi connectivity index (χ1v) is 7.55. The van der Waals surface area contributed by atoms with Gasteiger partial charge in [0, 0.05) is 6.20 Å². The van der Waals surface area contributed by atoms with Crippen molar-refractivity contribution >= 4 is 0 Å². The number of nitrogens with zero attached hydrogens (tertiary/aromatic N) is 1. The molecule has 1 saturated carbocycles. The molecule has 0 aromatic carbocycles. The minimum absolute atomic E-state index is 0.210. The number of hydrogen-bond donors (Lipinski definition) is 1. The van der Waals surface area contributed by atoms with Gasteiger partial charge in [-0.15, -0.1) is 0 Å². The Morgan fingerprint density at radius 2 is 2.16 bits per heavy atom. The van der Waals surface area contributed by atoms with Crippen molar-refractivity contribution in [3.05, 3.63) is 29.8 Å². The number of aromatic nitrogens is 1. The lowest BCUT2D eigenvalue weighted by atomic mass is 9.70. The monoisotopic (exact) mass is 264 g/mol. The minimum Gasteiger partial charge on any atom is -0.317 e. The van der Waals surface area contributed by atoms with Gasteiger partial charge in [-0.1, -0.05) is 26.7 Å². The first-order valence-electron chi connectivity index (χ1n) is 7.55. The molecule has 19 heavy (non-hydrogen) atoms. The summed E-state index contributed by atoms with van der Waals surface area (Å²) in [6.07, 6.45) is 8.11. The highest BCUT2D eigenvalue weighted by atomic mass is 19.1. The summed E-state index contributed by atoms with van der Waals surface area (Å²) < 4.78 is 13.4. The van der Waals surface area contributed by atoms with Crippen LogP contribution in [0.3, 0.4) is 0 Å². The number of pyridine rings is 1. The summed E-state index contributed by atoms with van der Waals surface area (Å²) in [4.78, 5) is 4.03. The minimum atomic E-state index is -0.210. The maximum Gasteiger partial charge on any atom is 0.141 e. The standard InChI is InChI=1S/C16H25FN2/c1-3-12-5-6-13(9-18-4-2)16(7-12)14-8-15(17)11-19-10-14/h8,10-13,16,18H,3-7,9H2,1-2H3. The van der Waals surface area contributed by atoms with E-state index in [4.69, 9.17) is 0 Å². The Labute approximate surface area is 115 Å². The molecule has 0 aliphatic heterocycles. The fourth-order valence-electron chi connectivity index (χ4n) is 3.30. The van der Waals surface area contributed by atoms with Crippen LogP contribution in [0.2, 0.25) is 0 Å². The lowest BCUT2D eigenvalue weighted by Gasteiger charge is -2.36. The molecule has 0 radical (unpaired) electrons. The highest BCUT2D eigenvalue weighted by Crippen LogP contribution is 2.41. The first kappa shape index (κ1) is 14.4. The van der Waals surface area contributed by atoms with Crippen LogP contribution in [0.5, 0.6) is 0 Å². The molecule has 1 N–H and O–H groups in total. The van der Waals surface area contributed by atoms with Gasteiger partial charge in [-0.05, 0) is 55.3 Å². The van der Waals surface area contributed by atoms with Gasteiger partial charge < -0.3 is 5.32 Å². The van der Waals surface area contributed by atoms with Gasteiger partial charge >= 0.3 is 0 Å². The van der Waals surface area contributed by atoms with E-state index in [1.54, 1.807) is 6.07 Å².